The van der Waals surface area contributed by atoms with Crippen LogP contribution in [-0.2, 0) is 13.1 Å². The molecule has 1 aliphatic heterocycles. The van der Waals surface area contributed by atoms with Gasteiger partial charge in [0, 0.05) is 46.0 Å². The Morgan fingerprint density at radius 1 is 1.10 bits per heavy atom. The fourth-order valence-corrected chi connectivity index (χ4v) is 3.98. The Morgan fingerprint density at radius 3 is 2.65 bits per heavy atom. The minimum absolute atomic E-state index is 0. The number of aliphatic imine (C=N–C) groups is 1. The number of imidazole rings is 1. The Labute approximate surface area is 201 Å². The highest BCUT2D eigenvalue weighted by atomic mass is 127. The molecule has 0 spiro atoms. The molecule has 1 aliphatic rings. The number of guanidine groups is 1. The van der Waals surface area contributed by atoms with Gasteiger partial charge in [-0.15, -0.1) is 24.0 Å². The summed E-state index contributed by atoms with van der Waals surface area (Å²) in [6, 6.07) is 12.6. The van der Waals surface area contributed by atoms with Crippen LogP contribution in [0.1, 0.15) is 30.7 Å². The lowest BCUT2D eigenvalue weighted by atomic mass is 10.3. The van der Waals surface area contributed by atoms with E-state index in [4.69, 9.17) is 0 Å². The van der Waals surface area contributed by atoms with Crippen molar-refractivity contribution in [2.75, 3.05) is 31.6 Å². The molecule has 0 aliphatic carbocycles. The van der Waals surface area contributed by atoms with E-state index in [0.717, 1.165) is 61.3 Å². The van der Waals surface area contributed by atoms with Crippen molar-refractivity contribution >= 4 is 46.8 Å². The number of aryl methyl sites for hydroxylation is 2. The molecule has 0 saturated carbocycles. The third-order valence-electron chi connectivity index (χ3n) is 5.62. The van der Waals surface area contributed by atoms with Crippen LogP contribution >= 0.6 is 24.0 Å². The van der Waals surface area contributed by atoms with Crippen LogP contribution < -0.4 is 15.5 Å². The second-order valence-corrected chi connectivity index (χ2v) is 7.72. The van der Waals surface area contributed by atoms with Gasteiger partial charge in [0.15, 0.2) is 5.96 Å². The maximum atomic E-state index is 4.63. The van der Waals surface area contributed by atoms with Crippen molar-refractivity contribution in [3.05, 3.63) is 54.0 Å². The number of fused-ring (bicyclic) bond motifs is 1. The average molecular weight is 533 g/mol. The second kappa shape index (κ2) is 11.3. The van der Waals surface area contributed by atoms with Crippen molar-refractivity contribution in [3.8, 4) is 0 Å². The van der Waals surface area contributed by atoms with Gasteiger partial charge < -0.3 is 20.1 Å². The molecule has 1 saturated heterocycles. The Kier molecular flexibility index (Phi) is 8.51. The molecule has 0 bridgehead atoms. The van der Waals surface area contributed by atoms with Crippen molar-refractivity contribution < 1.29 is 0 Å². The molecular weight excluding hydrogens is 501 g/mol. The van der Waals surface area contributed by atoms with Gasteiger partial charge in [0.05, 0.1) is 11.0 Å². The lowest BCUT2D eigenvalue weighted by molar-refractivity contribution is 0.624. The van der Waals surface area contributed by atoms with Gasteiger partial charge in [-0.3, -0.25) is 4.99 Å². The van der Waals surface area contributed by atoms with E-state index in [9.17, 15) is 0 Å². The van der Waals surface area contributed by atoms with E-state index >= 15 is 0 Å². The Morgan fingerprint density at radius 2 is 1.90 bits per heavy atom. The minimum Gasteiger partial charge on any atom is -0.357 e. The molecule has 0 unspecified atom stereocenters. The van der Waals surface area contributed by atoms with Gasteiger partial charge in [-0.1, -0.05) is 18.2 Å². The van der Waals surface area contributed by atoms with E-state index in [1.807, 2.05) is 12.3 Å². The lowest BCUT2D eigenvalue weighted by Crippen LogP contribution is -2.37. The van der Waals surface area contributed by atoms with E-state index in [1.54, 1.807) is 7.05 Å². The summed E-state index contributed by atoms with van der Waals surface area (Å²) in [5.41, 5.74) is 3.41. The highest BCUT2D eigenvalue weighted by Gasteiger charge is 2.13. The molecule has 2 aromatic heterocycles. The van der Waals surface area contributed by atoms with Crippen molar-refractivity contribution in [3.63, 3.8) is 0 Å². The van der Waals surface area contributed by atoms with Gasteiger partial charge in [0.1, 0.15) is 11.6 Å². The number of anilines is 1. The van der Waals surface area contributed by atoms with Gasteiger partial charge in [-0.2, -0.15) is 0 Å². The summed E-state index contributed by atoms with van der Waals surface area (Å²) in [4.78, 5) is 15.9. The molecule has 7 nitrogen and oxygen atoms in total. The third kappa shape index (κ3) is 5.87. The van der Waals surface area contributed by atoms with Crippen molar-refractivity contribution in [1.29, 1.82) is 0 Å². The predicted molar refractivity (Wildman–Crippen MR) is 138 cm³/mol. The first kappa shape index (κ1) is 23.3. The maximum Gasteiger partial charge on any atom is 0.191 e. The first-order valence-electron chi connectivity index (χ1n) is 10.8. The molecule has 0 amide bonds. The number of pyridine rings is 1. The Bertz CT molecular complexity index is 991. The standard InChI is InChI=1S/C23H31N7.HI/c1-18-28-20-8-3-4-9-21(20)30(18)15-7-12-25-23(24-2)27-17-19-10-11-22(26-16-19)29-13-5-6-14-29;/h3-4,8-11,16H,5-7,12-15,17H2,1-2H3,(H2,24,25,27);1H. The molecular formula is C23H32IN7. The first-order chi connectivity index (χ1) is 14.7. The zero-order valence-electron chi connectivity index (χ0n) is 18.3. The summed E-state index contributed by atoms with van der Waals surface area (Å²) in [5.74, 6) is 2.95. The third-order valence-corrected chi connectivity index (χ3v) is 5.62. The van der Waals surface area contributed by atoms with Crippen molar-refractivity contribution in [1.82, 2.24) is 25.2 Å². The molecule has 4 rings (SSSR count). The van der Waals surface area contributed by atoms with Gasteiger partial charge >= 0.3 is 0 Å². The van der Waals surface area contributed by atoms with Crippen LogP contribution in [-0.4, -0.2) is 47.2 Å². The first-order valence-corrected chi connectivity index (χ1v) is 10.8. The highest BCUT2D eigenvalue weighted by Crippen LogP contribution is 2.17. The molecule has 0 atom stereocenters. The molecule has 166 valence electrons. The minimum atomic E-state index is 0. The zero-order chi connectivity index (χ0) is 20.8. The van der Waals surface area contributed by atoms with Crippen molar-refractivity contribution in [2.24, 2.45) is 4.99 Å². The molecule has 0 radical (unpaired) electrons. The summed E-state index contributed by atoms with van der Waals surface area (Å²) >= 11 is 0. The summed E-state index contributed by atoms with van der Waals surface area (Å²) in [6.45, 7) is 6.79. The molecule has 3 aromatic rings. The van der Waals surface area contributed by atoms with Crippen LogP contribution in [0, 0.1) is 6.92 Å². The van der Waals surface area contributed by atoms with Crippen molar-refractivity contribution in [2.45, 2.75) is 39.3 Å². The molecule has 3 heterocycles. The van der Waals surface area contributed by atoms with Crippen LogP contribution in [0.15, 0.2) is 47.6 Å². The average Bonchev–Trinajstić information content (AvgIpc) is 3.42. The van der Waals surface area contributed by atoms with E-state index in [-0.39, 0.29) is 24.0 Å². The van der Waals surface area contributed by atoms with E-state index in [1.165, 1.54) is 18.4 Å². The van der Waals surface area contributed by atoms with Crippen LogP contribution in [0.3, 0.4) is 0 Å². The van der Waals surface area contributed by atoms with E-state index in [2.05, 4.69) is 72.3 Å². The van der Waals surface area contributed by atoms with Gasteiger partial charge in [0.25, 0.3) is 0 Å². The maximum absolute atomic E-state index is 4.63. The van der Waals surface area contributed by atoms with Crippen LogP contribution in [0.2, 0.25) is 0 Å². The van der Waals surface area contributed by atoms with Crippen LogP contribution in [0.25, 0.3) is 11.0 Å². The van der Waals surface area contributed by atoms with Crippen LogP contribution in [0.4, 0.5) is 5.82 Å². The van der Waals surface area contributed by atoms with E-state index < -0.39 is 0 Å². The normalized spacial score (nSPS) is 14.0. The van der Waals surface area contributed by atoms with Gasteiger partial charge in [0.2, 0.25) is 0 Å². The number of nitrogens with zero attached hydrogens (tertiary/aromatic N) is 5. The summed E-state index contributed by atoms with van der Waals surface area (Å²) < 4.78 is 2.28. The highest BCUT2D eigenvalue weighted by molar-refractivity contribution is 14.0. The lowest BCUT2D eigenvalue weighted by Gasteiger charge is -2.16. The predicted octanol–water partition coefficient (Wildman–Crippen LogP) is 3.71. The largest absolute Gasteiger partial charge is 0.357 e. The summed E-state index contributed by atoms with van der Waals surface area (Å²) in [6.07, 6.45) is 5.49. The number of hydrogen-bond acceptors (Lipinski definition) is 4. The molecule has 2 N–H and O–H groups in total. The zero-order valence-corrected chi connectivity index (χ0v) is 20.7. The number of rotatable bonds is 7. The molecule has 1 aromatic carbocycles. The number of para-hydroxylation sites is 2. The number of benzene rings is 1. The quantitative estimate of drug-likeness (QED) is 0.210. The fourth-order valence-electron chi connectivity index (χ4n) is 3.98. The van der Waals surface area contributed by atoms with E-state index in [0.29, 0.717) is 6.54 Å². The number of hydrogen-bond donors (Lipinski definition) is 2. The summed E-state index contributed by atoms with van der Waals surface area (Å²) in [5, 5.41) is 6.78. The molecule has 8 heteroatoms. The fraction of sp³-hybridized carbons (Fsp3) is 0.435. The second-order valence-electron chi connectivity index (χ2n) is 7.72. The Hall–Kier alpha value is -2.36. The monoisotopic (exact) mass is 533 g/mol. The number of nitrogens with one attached hydrogen (secondary N) is 2. The SMILES string of the molecule is CN=C(NCCCn1c(C)nc2ccccc21)NCc1ccc(N2CCCC2)nc1.I. The topological polar surface area (TPSA) is 70.4 Å². The summed E-state index contributed by atoms with van der Waals surface area (Å²) in [7, 11) is 1.80. The van der Waals surface area contributed by atoms with Gasteiger partial charge in [-0.05, 0) is 49.9 Å². The smallest absolute Gasteiger partial charge is 0.191 e. The van der Waals surface area contributed by atoms with Crippen LogP contribution in [0.5, 0.6) is 0 Å². The number of halogens is 1. The number of aromatic nitrogens is 3. The van der Waals surface area contributed by atoms with Gasteiger partial charge in [-0.25, -0.2) is 9.97 Å². The molecule has 1 fully saturated rings. The molecule has 31 heavy (non-hydrogen) atoms. The Balaban J connectivity index is 0.00000272.